The van der Waals surface area contributed by atoms with Crippen molar-refractivity contribution < 1.29 is 5.11 Å². The van der Waals surface area contributed by atoms with Crippen molar-refractivity contribution in [3.8, 4) is 5.75 Å². The van der Waals surface area contributed by atoms with E-state index in [1.807, 2.05) is 24.4 Å². The standard InChI is InChI=1S/C15H13NO/c17-14-7-3-11(4-8-14)10-13-6-5-12-2-1-9-16-15(12)13/h1-4,7-10,17H,5-6H2. The van der Waals surface area contributed by atoms with Crippen molar-refractivity contribution in [2.75, 3.05) is 0 Å². The number of phenols is 1. The number of aryl methyl sites for hydroxylation is 1. The van der Waals surface area contributed by atoms with E-state index in [9.17, 15) is 5.11 Å². The maximum atomic E-state index is 9.24. The lowest BCUT2D eigenvalue weighted by molar-refractivity contribution is 0.475. The van der Waals surface area contributed by atoms with Crippen molar-refractivity contribution in [1.29, 1.82) is 0 Å². The van der Waals surface area contributed by atoms with E-state index in [2.05, 4.69) is 17.1 Å². The summed E-state index contributed by atoms with van der Waals surface area (Å²) in [5.74, 6) is 0.303. The van der Waals surface area contributed by atoms with Crippen molar-refractivity contribution in [3.63, 3.8) is 0 Å². The Kier molecular flexibility index (Phi) is 2.41. The summed E-state index contributed by atoms with van der Waals surface area (Å²) in [5.41, 5.74) is 4.85. The number of aromatic hydroxyl groups is 1. The van der Waals surface area contributed by atoms with Gasteiger partial charge in [-0.25, -0.2) is 0 Å². The number of nitrogens with zero attached hydrogens (tertiary/aromatic N) is 1. The predicted octanol–water partition coefficient (Wildman–Crippen LogP) is 3.27. The first-order chi connectivity index (χ1) is 8.33. The summed E-state index contributed by atoms with van der Waals surface area (Å²) in [5, 5.41) is 9.24. The molecular weight excluding hydrogens is 210 g/mol. The van der Waals surface area contributed by atoms with Gasteiger partial charge in [0.25, 0.3) is 0 Å². The first-order valence-electron chi connectivity index (χ1n) is 5.77. The molecule has 1 N–H and O–H groups in total. The van der Waals surface area contributed by atoms with Crippen LogP contribution in [0.15, 0.2) is 42.6 Å². The van der Waals surface area contributed by atoms with Gasteiger partial charge in [-0.1, -0.05) is 18.2 Å². The van der Waals surface area contributed by atoms with Crippen LogP contribution in [-0.4, -0.2) is 10.1 Å². The lowest BCUT2D eigenvalue weighted by atomic mass is 10.1. The molecule has 0 saturated carbocycles. The SMILES string of the molecule is Oc1ccc(C=C2CCc3cccnc32)cc1. The Morgan fingerprint density at radius 3 is 2.71 bits per heavy atom. The van der Waals surface area contributed by atoms with Crippen molar-refractivity contribution in [2.24, 2.45) is 0 Å². The number of aromatic nitrogens is 1. The summed E-state index contributed by atoms with van der Waals surface area (Å²) in [6, 6.07) is 11.4. The van der Waals surface area contributed by atoms with Gasteiger partial charge in [-0.15, -0.1) is 0 Å². The Bertz CT molecular complexity index is 570. The van der Waals surface area contributed by atoms with Gasteiger partial charge in [0.15, 0.2) is 0 Å². The molecule has 0 atom stereocenters. The minimum absolute atomic E-state index is 0.303. The van der Waals surface area contributed by atoms with Crippen LogP contribution in [0.3, 0.4) is 0 Å². The van der Waals surface area contributed by atoms with Crippen LogP contribution in [0.25, 0.3) is 11.6 Å². The van der Waals surface area contributed by atoms with Crippen LogP contribution < -0.4 is 0 Å². The topological polar surface area (TPSA) is 33.1 Å². The highest BCUT2D eigenvalue weighted by atomic mass is 16.3. The second-order valence-electron chi connectivity index (χ2n) is 4.27. The van der Waals surface area contributed by atoms with E-state index in [0.717, 1.165) is 24.1 Å². The fourth-order valence-corrected chi connectivity index (χ4v) is 2.23. The molecule has 17 heavy (non-hydrogen) atoms. The summed E-state index contributed by atoms with van der Waals surface area (Å²) >= 11 is 0. The number of pyridine rings is 1. The van der Waals surface area contributed by atoms with Gasteiger partial charge in [-0.3, -0.25) is 4.98 Å². The van der Waals surface area contributed by atoms with Gasteiger partial charge in [0.2, 0.25) is 0 Å². The molecule has 1 aromatic heterocycles. The van der Waals surface area contributed by atoms with Gasteiger partial charge in [-0.05, 0) is 53.8 Å². The molecule has 2 aromatic rings. The van der Waals surface area contributed by atoms with E-state index in [4.69, 9.17) is 0 Å². The summed E-state index contributed by atoms with van der Waals surface area (Å²) in [6.07, 6.45) is 6.12. The summed E-state index contributed by atoms with van der Waals surface area (Å²) in [4.78, 5) is 4.44. The third-order valence-corrected chi connectivity index (χ3v) is 3.09. The monoisotopic (exact) mass is 223 g/mol. The Morgan fingerprint density at radius 1 is 1.06 bits per heavy atom. The van der Waals surface area contributed by atoms with Crippen molar-refractivity contribution >= 4 is 11.6 Å². The summed E-state index contributed by atoms with van der Waals surface area (Å²) in [6.45, 7) is 0. The number of hydrogen-bond donors (Lipinski definition) is 1. The van der Waals surface area contributed by atoms with Crippen LogP contribution in [0.4, 0.5) is 0 Å². The van der Waals surface area contributed by atoms with Gasteiger partial charge >= 0.3 is 0 Å². The number of phenolic OH excluding ortho intramolecular Hbond substituents is 1. The summed E-state index contributed by atoms with van der Waals surface area (Å²) in [7, 11) is 0. The Labute approximate surface area is 100 Å². The number of rotatable bonds is 1. The smallest absolute Gasteiger partial charge is 0.115 e. The van der Waals surface area contributed by atoms with Crippen molar-refractivity contribution in [3.05, 3.63) is 59.4 Å². The second-order valence-corrected chi connectivity index (χ2v) is 4.27. The van der Waals surface area contributed by atoms with Crippen LogP contribution in [0.5, 0.6) is 5.75 Å². The largest absolute Gasteiger partial charge is 0.508 e. The summed E-state index contributed by atoms with van der Waals surface area (Å²) < 4.78 is 0. The number of hydrogen-bond acceptors (Lipinski definition) is 2. The maximum Gasteiger partial charge on any atom is 0.115 e. The van der Waals surface area contributed by atoms with E-state index < -0.39 is 0 Å². The zero-order valence-corrected chi connectivity index (χ0v) is 9.43. The molecule has 1 aromatic carbocycles. The van der Waals surface area contributed by atoms with Crippen molar-refractivity contribution in [2.45, 2.75) is 12.8 Å². The number of benzene rings is 1. The van der Waals surface area contributed by atoms with Gasteiger partial charge in [0, 0.05) is 6.20 Å². The molecule has 0 saturated heterocycles. The average Bonchev–Trinajstić information content (AvgIpc) is 2.76. The first-order valence-corrected chi connectivity index (χ1v) is 5.77. The van der Waals surface area contributed by atoms with Gasteiger partial charge in [0.05, 0.1) is 5.69 Å². The molecule has 0 spiro atoms. The van der Waals surface area contributed by atoms with E-state index >= 15 is 0 Å². The van der Waals surface area contributed by atoms with Gasteiger partial charge in [0.1, 0.15) is 5.75 Å². The highest BCUT2D eigenvalue weighted by Gasteiger charge is 2.16. The quantitative estimate of drug-likeness (QED) is 0.804. The Balaban J connectivity index is 1.99. The molecule has 2 heteroatoms. The van der Waals surface area contributed by atoms with Gasteiger partial charge in [-0.2, -0.15) is 0 Å². The lowest BCUT2D eigenvalue weighted by Gasteiger charge is -2.00. The third-order valence-electron chi connectivity index (χ3n) is 3.09. The molecule has 0 fully saturated rings. The maximum absolute atomic E-state index is 9.24. The fraction of sp³-hybridized carbons (Fsp3) is 0.133. The first kappa shape index (κ1) is 10.1. The molecular formula is C15H13NO. The Hall–Kier alpha value is -2.09. The van der Waals surface area contributed by atoms with E-state index in [0.29, 0.717) is 5.75 Å². The van der Waals surface area contributed by atoms with E-state index in [-0.39, 0.29) is 0 Å². The molecule has 0 unspecified atom stereocenters. The molecule has 0 aliphatic heterocycles. The van der Waals surface area contributed by atoms with Crippen LogP contribution in [-0.2, 0) is 6.42 Å². The van der Waals surface area contributed by atoms with Gasteiger partial charge < -0.3 is 5.11 Å². The molecule has 0 amide bonds. The molecule has 1 aliphatic carbocycles. The molecule has 3 rings (SSSR count). The van der Waals surface area contributed by atoms with E-state index in [1.165, 1.54) is 11.1 Å². The lowest BCUT2D eigenvalue weighted by Crippen LogP contribution is -1.85. The molecule has 1 heterocycles. The van der Waals surface area contributed by atoms with Crippen molar-refractivity contribution in [1.82, 2.24) is 4.98 Å². The highest BCUT2D eigenvalue weighted by molar-refractivity contribution is 5.83. The van der Waals surface area contributed by atoms with Crippen LogP contribution >= 0.6 is 0 Å². The van der Waals surface area contributed by atoms with E-state index in [1.54, 1.807) is 12.1 Å². The fourth-order valence-electron chi connectivity index (χ4n) is 2.23. The van der Waals surface area contributed by atoms with Crippen LogP contribution in [0, 0.1) is 0 Å². The predicted molar refractivity (Wildman–Crippen MR) is 68.5 cm³/mol. The minimum Gasteiger partial charge on any atom is -0.508 e. The molecule has 2 nitrogen and oxygen atoms in total. The normalized spacial score (nSPS) is 16.1. The van der Waals surface area contributed by atoms with Crippen LogP contribution in [0.2, 0.25) is 0 Å². The average molecular weight is 223 g/mol. The van der Waals surface area contributed by atoms with Crippen LogP contribution in [0.1, 0.15) is 23.2 Å². The highest BCUT2D eigenvalue weighted by Crippen LogP contribution is 2.31. The second kappa shape index (κ2) is 4.06. The third kappa shape index (κ3) is 1.94. The Morgan fingerprint density at radius 2 is 1.88 bits per heavy atom. The molecule has 84 valence electrons. The zero-order chi connectivity index (χ0) is 11.7. The zero-order valence-electron chi connectivity index (χ0n) is 9.43. The minimum atomic E-state index is 0.303. The molecule has 0 bridgehead atoms. The molecule has 1 aliphatic rings. The number of fused-ring (bicyclic) bond motifs is 1. The molecule has 0 radical (unpaired) electrons. The number of allylic oxidation sites excluding steroid dienone is 1.